The molecule has 2 heteroatoms. The van der Waals surface area contributed by atoms with E-state index in [9.17, 15) is 4.79 Å². The van der Waals surface area contributed by atoms with Crippen molar-refractivity contribution >= 4 is 5.97 Å². The average Bonchev–Trinajstić information content (AvgIpc) is 3.09. The second-order valence-electron chi connectivity index (χ2n) is 8.19. The number of hydrogen-bond acceptors (Lipinski definition) is 2. The molecule has 0 saturated heterocycles. The molecular formula is C17H26O2. The molecule has 0 radical (unpaired) electrons. The summed E-state index contributed by atoms with van der Waals surface area (Å²) in [7, 11) is 0. The number of carbonyl (C=O) groups excluding carboxylic acids is 1. The Kier molecular flexibility index (Phi) is 2.57. The third kappa shape index (κ3) is 1.71. The van der Waals surface area contributed by atoms with E-state index < -0.39 is 0 Å². The number of esters is 1. The van der Waals surface area contributed by atoms with Gasteiger partial charge in [0, 0.05) is 5.92 Å². The Labute approximate surface area is 116 Å². The lowest BCUT2D eigenvalue weighted by Crippen LogP contribution is -2.32. The van der Waals surface area contributed by atoms with E-state index in [0.717, 1.165) is 24.7 Å². The molecule has 0 heterocycles. The van der Waals surface area contributed by atoms with Gasteiger partial charge in [-0.2, -0.15) is 0 Å². The topological polar surface area (TPSA) is 26.3 Å². The predicted octanol–water partition coefficient (Wildman–Crippen LogP) is 3.79. The summed E-state index contributed by atoms with van der Waals surface area (Å²) in [6.45, 7) is 4.75. The Balaban J connectivity index is 1.42. The van der Waals surface area contributed by atoms with Crippen LogP contribution in [-0.4, -0.2) is 12.1 Å². The predicted molar refractivity (Wildman–Crippen MR) is 73.4 cm³/mol. The van der Waals surface area contributed by atoms with Crippen molar-refractivity contribution in [1.29, 1.82) is 0 Å². The number of rotatable bonds is 2. The summed E-state index contributed by atoms with van der Waals surface area (Å²) < 4.78 is 5.98. The van der Waals surface area contributed by atoms with Gasteiger partial charge < -0.3 is 4.74 Å². The van der Waals surface area contributed by atoms with Gasteiger partial charge in [0.1, 0.15) is 6.10 Å². The molecule has 0 N–H and O–H groups in total. The van der Waals surface area contributed by atoms with Crippen LogP contribution in [0.1, 0.15) is 58.8 Å². The second-order valence-corrected chi connectivity index (χ2v) is 8.19. The van der Waals surface area contributed by atoms with Gasteiger partial charge in [-0.25, -0.2) is 0 Å². The van der Waals surface area contributed by atoms with Crippen LogP contribution in [0, 0.1) is 35.0 Å². The highest BCUT2D eigenvalue weighted by atomic mass is 16.5. The van der Waals surface area contributed by atoms with E-state index in [1.807, 2.05) is 0 Å². The van der Waals surface area contributed by atoms with Crippen molar-refractivity contribution in [2.45, 2.75) is 64.9 Å². The van der Waals surface area contributed by atoms with Crippen LogP contribution in [0.25, 0.3) is 0 Å². The molecule has 0 aromatic rings. The lowest BCUT2D eigenvalue weighted by Gasteiger charge is -2.28. The van der Waals surface area contributed by atoms with Gasteiger partial charge >= 0.3 is 5.97 Å². The fourth-order valence-corrected chi connectivity index (χ4v) is 5.86. The Hall–Kier alpha value is -0.530. The fourth-order valence-electron chi connectivity index (χ4n) is 5.86. The molecule has 0 spiro atoms. The van der Waals surface area contributed by atoms with Crippen molar-refractivity contribution in [2.24, 2.45) is 35.0 Å². The Morgan fingerprint density at radius 3 is 2.42 bits per heavy atom. The fraction of sp³-hybridized carbons (Fsp3) is 0.941. The minimum absolute atomic E-state index is 0.153. The van der Waals surface area contributed by atoms with E-state index in [0.29, 0.717) is 17.3 Å². The third-order valence-electron chi connectivity index (χ3n) is 7.11. The first kappa shape index (κ1) is 12.2. The van der Waals surface area contributed by atoms with E-state index in [1.165, 1.54) is 32.1 Å². The molecule has 6 atom stereocenters. The summed E-state index contributed by atoms with van der Waals surface area (Å²) >= 11 is 0. The van der Waals surface area contributed by atoms with Gasteiger partial charge in [-0.3, -0.25) is 4.79 Å². The van der Waals surface area contributed by atoms with Crippen LogP contribution < -0.4 is 0 Å². The molecule has 4 saturated carbocycles. The average molecular weight is 262 g/mol. The summed E-state index contributed by atoms with van der Waals surface area (Å²) in [5.41, 5.74) is 0.402. The van der Waals surface area contributed by atoms with Crippen LogP contribution in [-0.2, 0) is 9.53 Å². The monoisotopic (exact) mass is 262 g/mol. The van der Waals surface area contributed by atoms with Crippen LogP contribution in [0.5, 0.6) is 0 Å². The van der Waals surface area contributed by atoms with E-state index >= 15 is 0 Å². The highest BCUT2D eigenvalue weighted by molar-refractivity contribution is 5.73. The van der Waals surface area contributed by atoms with Gasteiger partial charge in [0.25, 0.3) is 0 Å². The molecule has 6 unspecified atom stereocenters. The lowest BCUT2D eigenvalue weighted by atomic mass is 9.82. The van der Waals surface area contributed by atoms with Gasteiger partial charge in [-0.15, -0.1) is 0 Å². The Bertz CT molecular complexity index is 400. The normalized spacial score (nSPS) is 49.8. The van der Waals surface area contributed by atoms with Crippen molar-refractivity contribution in [3.63, 3.8) is 0 Å². The Morgan fingerprint density at radius 2 is 1.89 bits per heavy atom. The molecule has 0 amide bonds. The summed E-state index contributed by atoms with van der Waals surface area (Å²) in [5.74, 6) is 3.31. The minimum atomic E-state index is 0.153. The first-order valence-corrected chi connectivity index (χ1v) is 8.26. The maximum Gasteiger partial charge on any atom is 0.309 e. The first-order chi connectivity index (χ1) is 9.05. The molecule has 2 nitrogen and oxygen atoms in total. The van der Waals surface area contributed by atoms with Gasteiger partial charge in [-0.1, -0.05) is 20.3 Å². The molecular weight excluding hydrogens is 236 g/mol. The summed E-state index contributed by atoms with van der Waals surface area (Å²) in [4.78, 5) is 12.5. The van der Waals surface area contributed by atoms with Crippen LogP contribution in [0.15, 0.2) is 0 Å². The zero-order valence-electron chi connectivity index (χ0n) is 12.2. The SMILES string of the molecule is CC1(C)C2CCC1C(OC(=O)C1CC3CCC1C3)C2. The molecule has 4 bridgehead atoms. The van der Waals surface area contributed by atoms with E-state index in [1.54, 1.807) is 0 Å². The second kappa shape index (κ2) is 3.99. The van der Waals surface area contributed by atoms with Crippen molar-refractivity contribution in [1.82, 2.24) is 0 Å². The molecule has 0 aromatic carbocycles. The van der Waals surface area contributed by atoms with Crippen LogP contribution >= 0.6 is 0 Å². The summed E-state index contributed by atoms with van der Waals surface area (Å²) in [6, 6.07) is 0. The number of fused-ring (bicyclic) bond motifs is 4. The lowest BCUT2D eigenvalue weighted by molar-refractivity contribution is -0.159. The van der Waals surface area contributed by atoms with Gasteiger partial charge in [0.15, 0.2) is 0 Å². The quantitative estimate of drug-likeness (QED) is 0.708. The maximum absolute atomic E-state index is 12.5. The van der Waals surface area contributed by atoms with E-state index in [4.69, 9.17) is 4.74 Å². The molecule has 19 heavy (non-hydrogen) atoms. The van der Waals surface area contributed by atoms with Crippen molar-refractivity contribution in [2.75, 3.05) is 0 Å². The summed E-state index contributed by atoms with van der Waals surface area (Å²) in [5, 5.41) is 0. The zero-order chi connectivity index (χ0) is 13.2. The zero-order valence-corrected chi connectivity index (χ0v) is 12.2. The van der Waals surface area contributed by atoms with Crippen LogP contribution in [0.4, 0.5) is 0 Å². The molecule has 106 valence electrons. The molecule has 4 rings (SSSR count). The van der Waals surface area contributed by atoms with Crippen molar-refractivity contribution in [3.8, 4) is 0 Å². The number of hydrogen-bond donors (Lipinski definition) is 0. The van der Waals surface area contributed by atoms with Crippen LogP contribution in [0.3, 0.4) is 0 Å². The van der Waals surface area contributed by atoms with Gasteiger partial charge in [-0.05, 0) is 61.7 Å². The standard InChI is InChI=1S/C17H26O2/c1-17(2)12-5-6-14(17)15(9-12)19-16(18)13-8-10-3-4-11(13)7-10/h10-15H,3-9H2,1-2H3. The smallest absolute Gasteiger partial charge is 0.309 e. The first-order valence-electron chi connectivity index (χ1n) is 8.26. The minimum Gasteiger partial charge on any atom is -0.462 e. The molecule has 4 fully saturated rings. The van der Waals surface area contributed by atoms with Gasteiger partial charge in [0.05, 0.1) is 5.92 Å². The van der Waals surface area contributed by atoms with Crippen molar-refractivity contribution < 1.29 is 9.53 Å². The number of ether oxygens (including phenoxy) is 1. The molecule has 4 aliphatic carbocycles. The molecule has 0 aromatic heterocycles. The van der Waals surface area contributed by atoms with E-state index in [-0.39, 0.29) is 18.0 Å². The van der Waals surface area contributed by atoms with Crippen molar-refractivity contribution in [3.05, 3.63) is 0 Å². The highest BCUT2D eigenvalue weighted by Gasteiger charge is 2.55. The third-order valence-corrected chi connectivity index (χ3v) is 7.11. The number of carbonyl (C=O) groups is 1. The molecule has 0 aliphatic heterocycles. The summed E-state index contributed by atoms with van der Waals surface area (Å²) in [6.07, 6.45) is 9.02. The molecule has 4 aliphatic rings. The largest absolute Gasteiger partial charge is 0.462 e. The maximum atomic E-state index is 12.5. The highest BCUT2D eigenvalue weighted by Crippen LogP contribution is 2.58. The Morgan fingerprint density at radius 1 is 1.05 bits per heavy atom. The van der Waals surface area contributed by atoms with Gasteiger partial charge in [0.2, 0.25) is 0 Å². The van der Waals surface area contributed by atoms with Crippen LogP contribution in [0.2, 0.25) is 0 Å². The van der Waals surface area contributed by atoms with E-state index in [2.05, 4.69) is 13.8 Å².